The number of hydrogen-bond donors (Lipinski definition) is 1. The van der Waals surface area contributed by atoms with Crippen molar-refractivity contribution in [2.75, 3.05) is 0 Å². The second kappa shape index (κ2) is 5.18. The first-order valence-electron chi connectivity index (χ1n) is 5.88. The number of nitrogens with zero attached hydrogens (tertiary/aromatic N) is 3. The van der Waals surface area contributed by atoms with Crippen LogP contribution in [0.2, 0.25) is 0 Å². The summed E-state index contributed by atoms with van der Waals surface area (Å²) in [6, 6.07) is 7.09. The molecule has 0 saturated carbocycles. The Morgan fingerprint density at radius 2 is 2.06 bits per heavy atom. The lowest BCUT2D eigenvalue weighted by molar-refractivity contribution is 0.0619. The molecule has 2 rings (SSSR count). The summed E-state index contributed by atoms with van der Waals surface area (Å²) in [5.74, 6) is 0.198. The average molecular weight is 247 g/mol. The highest BCUT2D eigenvalue weighted by molar-refractivity contribution is 5.68. The highest BCUT2D eigenvalue weighted by Crippen LogP contribution is 2.29. The standard InChI is InChI=1S/C13H17N3O2/c1-9(2)18-8-11-13(14-15-16(11)3)10-6-4-5-7-12(10)17/h4-7,9,17H,8H2,1-3H3. The molecule has 0 amide bonds. The minimum absolute atomic E-state index is 0.136. The number of aryl methyl sites for hydroxylation is 1. The molecule has 0 spiro atoms. The second-order valence-corrected chi connectivity index (χ2v) is 4.39. The van der Waals surface area contributed by atoms with Gasteiger partial charge in [0.25, 0.3) is 0 Å². The average Bonchev–Trinajstić information content (AvgIpc) is 2.68. The van der Waals surface area contributed by atoms with Gasteiger partial charge in [-0.25, -0.2) is 4.68 Å². The molecule has 1 heterocycles. The minimum Gasteiger partial charge on any atom is -0.507 e. The highest BCUT2D eigenvalue weighted by Gasteiger charge is 2.15. The van der Waals surface area contributed by atoms with Gasteiger partial charge < -0.3 is 9.84 Å². The van der Waals surface area contributed by atoms with Crippen LogP contribution in [0, 0.1) is 0 Å². The summed E-state index contributed by atoms with van der Waals surface area (Å²) in [6.45, 7) is 4.37. The van der Waals surface area contributed by atoms with E-state index in [9.17, 15) is 5.11 Å². The molecule has 0 aliphatic carbocycles. The topological polar surface area (TPSA) is 60.2 Å². The van der Waals surface area contributed by atoms with Gasteiger partial charge in [-0.05, 0) is 26.0 Å². The van der Waals surface area contributed by atoms with Crippen LogP contribution in [0.3, 0.4) is 0 Å². The van der Waals surface area contributed by atoms with Crippen LogP contribution in [-0.2, 0) is 18.4 Å². The molecule has 0 atom stereocenters. The van der Waals surface area contributed by atoms with Gasteiger partial charge in [0.2, 0.25) is 0 Å². The zero-order chi connectivity index (χ0) is 13.1. The molecular weight excluding hydrogens is 230 g/mol. The van der Waals surface area contributed by atoms with Crippen molar-refractivity contribution >= 4 is 0 Å². The van der Waals surface area contributed by atoms with E-state index >= 15 is 0 Å². The van der Waals surface area contributed by atoms with Crippen molar-refractivity contribution in [2.24, 2.45) is 7.05 Å². The lowest BCUT2D eigenvalue weighted by Crippen LogP contribution is -2.07. The van der Waals surface area contributed by atoms with Crippen molar-refractivity contribution < 1.29 is 9.84 Å². The molecule has 1 aromatic carbocycles. The molecule has 0 fully saturated rings. The Hall–Kier alpha value is -1.88. The van der Waals surface area contributed by atoms with Crippen LogP contribution in [0.25, 0.3) is 11.3 Å². The van der Waals surface area contributed by atoms with Crippen LogP contribution in [0.5, 0.6) is 5.75 Å². The third-order valence-corrected chi connectivity index (χ3v) is 2.66. The van der Waals surface area contributed by atoms with Gasteiger partial charge in [0, 0.05) is 12.6 Å². The molecule has 5 nitrogen and oxygen atoms in total. The van der Waals surface area contributed by atoms with Crippen LogP contribution in [-0.4, -0.2) is 26.2 Å². The normalized spacial score (nSPS) is 11.1. The van der Waals surface area contributed by atoms with Gasteiger partial charge in [0.15, 0.2) is 0 Å². The summed E-state index contributed by atoms with van der Waals surface area (Å²) in [5.41, 5.74) is 2.19. The number of phenols is 1. The smallest absolute Gasteiger partial charge is 0.125 e. The van der Waals surface area contributed by atoms with Crippen LogP contribution in [0.4, 0.5) is 0 Å². The number of phenolic OH excluding ortho intramolecular Hbond substituents is 1. The number of rotatable bonds is 4. The zero-order valence-electron chi connectivity index (χ0n) is 10.8. The highest BCUT2D eigenvalue weighted by atomic mass is 16.5. The van der Waals surface area contributed by atoms with Crippen LogP contribution < -0.4 is 0 Å². The van der Waals surface area contributed by atoms with E-state index in [4.69, 9.17) is 4.74 Å². The van der Waals surface area contributed by atoms with Gasteiger partial charge in [-0.15, -0.1) is 5.10 Å². The summed E-state index contributed by atoms with van der Waals surface area (Å²) in [7, 11) is 1.81. The van der Waals surface area contributed by atoms with E-state index in [2.05, 4.69) is 10.3 Å². The molecule has 0 aliphatic rings. The van der Waals surface area contributed by atoms with E-state index in [-0.39, 0.29) is 11.9 Å². The fraction of sp³-hybridized carbons (Fsp3) is 0.385. The fourth-order valence-corrected chi connectivity index (χ4v) is 1.67. The quantitative estimate of drug-likeness (QED) is 0.899. The molecule has 0 aliphatic heterocycles. The summed E-state index contributed by atoms with van der Waals surface area (Å²) < 4.78 is 7.26. The van der Waals surface area contributed by atoms with Crippen molar-refractivity contribution in [3.05, 3.63) is 30.0 Å². The molecule has 0 radical (unpaired) electrons. The Morgan fingerprint density at radius 3 is 2.72 bits per heavy atom. The fourth-order valence-electron chi connectivity index (χ4n) is 1.67. The molecule has 1 N–H and O–H groups in total. The van der Waals surface area contributed by atoms with Crippen molar-refractivity contribution in [3.63, 3.8) is 0 Å². The van der Waals surface area contributed by atoms with Crippen molar-refractivity contribution in [2.45, 2.75) is 26.6 Å². The first-order chi connectivity index (χ1) is 8.59. The Kier molecular flexibility index (Phi) is 3.62. The lowest BCUT2D eigenvalue weighted by atomic mass is 10.1. The molecule has 0 saturated heterocycles. The Morgan fingerprint density at radius 1 is 1.33 bits per heavy atom. The van der Waals surface area contributed by atoms with Crippen molar-refractivity contribution in [1.82, 2.24) is 15.0 Å². The molecule has 0 bridgehead atoms. The SMILES string of the molecule is CC(C)OCc1c(-c2ccccc2O)nnn1C. The van der Waals surface area contributed by atoms with Gasteiger partial charge in [0.05, 0.1) is 18.4 Å². The third kappa shape index (κ3) is 2.51. The maximum Gasteiger partial charge on any atom is 0.125 e. The summed E-state index contributed by atoms with van der Waals surface area (Å²) >= 11 is 0. The maximum atomic E-state index is 9.86. The van der Waals surface area contributed by atoms with Crippen LogP contribution in [0.1, 0.15) is 19.5 Å². The molecule has 5 heteroatoms. The molecular formula is C13H17N3O2. The number of benzene rings is 1. The molecule has 1 aromatic heterocycles. The monoisotopic (exact) mass is 247 g/mol. The first-order valence-corrected chi connectivity index (χ1v) is 5.88. The molecule has 96 valence electrons. The number of para-hydroxylation sites is 1. The van der Waals surface area contributed by atoms with E-state index in [1.54, 1.807) is 16.8 Å². The Balaban J connectivity index is 2.37. The van der Waals surface area contributed by atoms with Crippen LogP contribution >= 0.6 is 0 Å². The van der Waals surface area contributed by atoms with E-state index in [0.29, 0.717) is 17.9 Å². The summed E-state index contributed by atoms with van der Waals surface area (Å²) in [5, 5.41) is 17.9. The van der Waals surface area contributed by atoms with Gasteiger partial charge in [-0.3, -0.25) is 0 Å². The lowest BCUT2D eigenvalue weighted by Gasteiger charge is -2.09. The summed E-state index contributed by atoms with van der Waals surface area (Å²) in [4.78, 5) is 0. The Labute approximate surface area is 106 Å². The Bertz CT molecular complexity index is 535. The third-order valence-electron chi connectivity index (χ3n) is 2.66. The van der Waals surface area contributed by atoms with Gasteiger partial charge in [0.1, 0.15) is 11.4 Å². The van der Waals surface area contributed by atoms with Crippen molar-refractivity contribution in [3.8, 4) is 17.0 Å². The van der Waals surface area contributed by atoms with Gasteiger partial charge in [-0.2, -0.15) is 0 Å². The number of aromatic nitrogens is 3. The zero-order valence-corrected chi connectivity index (χ0v) is 10.8. The second-order valence-electron chi connectivity index (χ2n) is 4.39. The summed E-state index contributed by atoms with van der Waals surface area (Å²) in [6.07, 6.45) is 0.136. The minimum atomic E-state index is 0.136. The van der Waals surface area contributed by atoms with Gasteiger partial charge in [-0.1, -0.05) is 17.3 Å². The number of aromatic hydroxyl groups is 1. The molecule has 0 unspecified atom stereocenters. The number of hydrogen-bond acceptors (Lipinski definition) is 4. The predicted octanol–water partition coefficient (Wildman–Crippen LogP) is 2.11. The number of ether oxygens (including phenoxy) is 1. The van der Waals surface area contributed by atoms with E-state index in [0.717, 1.165) is 5.69 Å². The van der Waals surface area contributed by atoms with Crippen LogP contribution in [0.15, 0.2) is 24.3 Å². The van der Waals surface area contributed by atoms with E-state index in [1.807, 2.05) is 33.0 Å². The molecule has 2 aromatic rings. The predicted molar refractivity (Wildman–Crippen MR) is 68.0 cm³/mol. The largest absolute Gasteiger partial charge is 0.507 e. The maximum absolute atomic E-state index is 9.86. The molecule has 18 heavy (non-hydrogen) atoms. The van der Waals surface area contributed by atoms with Gasteiger partial charge >= 0.3 is 0 Å². The van der Waals surface area contributed by atoms with E-state index in [1.165, 1.54) is 0 Å². The first kappa shape index (κ1) is 12.6. The van der Waals surface area contributed by atoms with E-state index < -0.39 is 0 Å². The van der Waals surface area contributed by atoms with Crippen molar-refractivity contribution in [1.29, 1.82) is 0 Å².